The van der Waals surface area contributed by atoms with E-state index in [1.54, 1.807) is 0 Å². The van der Waals surface area contributed by atoms with Crippen molar-refractivity contribution in [3.05, 3.63) is 141 Å². The van der Waals surface area contributed by atoms with Gasteiger partial charge < -0.3 is 4.90 Å². The van der Waals surface area contributed by atoms with Crippen LogP contribution in [-0.4, -0.2) is 44.0 Å². The van der Waals surface area contributed by atoms with E-state index >= 15 is 0 Å². The highest BCUT2D eigenvalue weighted by Gasteiger charge is 2.42. The summed E-state index contributed by atoms with van der Waals surface area (Å²) in [5.74, 6) is -0.777. The van der Waals surface area contributed by atoms with Crippen molar-refractivity contribution in [1.82, 2.24) is 0 Å². The number of rotatable bonds is 9. The normalized spacial score (nSPS) is 20.1. The third-order valence-corrected chi connectivity index (χ3v) is 13.1. The Morgan fingerprint density at radius 2 is 1.36 bits per heavy atom. The molecular formula is C43H44ClNO6S2. The number of fused-ring (bicyclic) bond motifs is 6. The first-order valence-corrected chi connectivity index (χ1v) is 21.5. The first-order chi connectivity index (χ1) is 25.0. The van der Waals surface area contributed by atoms with Gasteiger partial charge in [0.05, 0.1) is 11.5 Å². The minimum atomic E-state index is -4.20. The topological polar surface area (TPSA) is 112 Å². The number of halogens is 1. The maximum Gasteiger partial charge on any atom is 0.266 e. The predicted octanol–water partition coefficient (Wildman–Crippen LogP) is 10.0. The molecule has 0 bridgehead atoms. The summed E-state index contributed by atoms with van der Waals surface area (Å²) in [6.07, 6.45) is 10.8. The van der Waals surface area contributed by atoms with Crippen LogP contribution in [0.15, 0.2) is 125 Å². The molecule has 276 valence electrons. The molecule has 0 saturated carbocycles. The van der Waals surface area contributed by atoms with Crippen LogP contribution >= 0.6 is 11.6 Å². The van der Waals surface area contributed by atoms with Gasteiger partial charge in [0, 0.05) is 33.8 Å². The van der Waals surface area contributed by atoms with Crippen LogP contribution < -0.4 is 4.90 Å². The zero-order valence-electron chi connectivity index (χ0n) is 30.4. The van der Waals surface area contributed by atoms with Gasteiger partial charge in [-0.25, -0.2) is 0 Å². The Kier molecular flexibility index (Phi) is 9.65. The lowest BCUT2D eigenvalue weighted by Gasteiger charge is -2.27. The third-order valence-electron chi connectivity index (χ3n) is 11.2. The summed E-state index contributed by atoms with van der Waals surface area (Å²) in [7, 11) is -8.38. The van der Waals surface area contributed by atoms with E-state index in [0.717, 1.165) is 91.2 Å². The second kappa shape index (κ2) is 13.7. The molecule has 3 aliphatic rings. The Morgan fingerprint density at radius 1 is 0.736 bits per heavy atom. The van der Waals surface area contributed by atoms with E-state index in [0.29, 0.717) is 5.03 Å². The highest BCUT2D eigenvalue weighted by atomic mass is 35.5. The average Bonchev–Trinajstić information content (AvgIpc) is 3.46. The smallest absolute Gasteiger partial charge is 0.266 e. The molecule has 0 spiro atoms. The predicted molar refractivity (Wildman–Crippen MR) is 218 cm³/mol. The maximum absolute atomic E-state index is 11.9. The highest BCUT2D eigenvalue weighted by molar-refractivity contribution is 7.86. The van der Waals surface area contributed by atoms with Gasteiger partial charge in [-0.1, -0.05) is 124 Å². The van der Waals surface area contributed by atoms with Crippen molar-refractivity contribution in [1.29, 1.82) is 0 Å². The van der Waals surface area contributed by atoms with Gasteiger partial charge in [-0.15, -0.1) is 0 Å². The van der Waals surface area contributed by atoms with Crippen molar-refractivity contribution in [3.63, 3.8) is 0 Å². The van der Waals surface area contributed by atoms with E-state index in [1.165, 1.54) is 0 Å². The number of benzene rings is 4. The molecule has 0 saturated heterocycles. The maximum atomic E-state index is 11.9. The molecule has 7 nitrogen and oxygen atoms in total. The van der Waals surface area contributed by atoms with Crippen LogP contribution in [0, 0.1) is 0 Å². The van der Waals surface area contributed by atoms with Gasteiger partial charge in [-0.2, -0.15) is 16.8 Å². The van der Waals surface area contributed by atoms with Gasteiger partial charge >= 0.3 is 0 Å². The molecule has 1 heterocycles. The second-order valence-electron chi connectivity index (χ2n) is 15.3. The van der Waals surface area contributed by atoms with Crippen LogP contribution in [0.2, 0.25) is 0 Å². The van der Waals surface area contributed by atoms with E-state index in [9.17, 15) is 25.9 Å². The van der Waals surface area contributed by atoms with Crippen LogP contribution in [-0.2, 0) is 31.1 Å². The molecule has 0 fully saturated rings. The van der Waals surface area contributed by atoms with Gasteiger partial charge in [0.1, 0.15) is 0 Å². The molecule has 0 atom stereocenters. The second-order valence-corrected chi connectivity index (χ2v) is 18.8. The summed E-state index contributed by atoms with van der Waals surface area (Å²) >= 11 is 7.19. The van der Waals surface area contributed by atoms with E-state index in [1.807, 2.05) is 53.5 Å². The quantitative estimate of drug-likeness (QED) is 0.163. The fourth-order valence-electron chi connectivity index (χ4n) is 8.72. The van der Waals surface area contributed by atoms with Gasteiger partial charge in [-0.3, -0.25) is 9.11 Å². The minimum Gasteiger partial charge on any atom is -0.343 e. The zero-order valence-corrected chi connectivity index (χ0v) is 32.7. The van der Waals surface area contributed by atoms with Crippen LogP contribution in [0.1, 0.15) is 70.1 Å². The third kappa shape index (κ3) is 7.06. The van der Waals surface area contributed by atoms with Crippen LogP contribution in [0.25, 0.3) is 27.1 Å². The van der Waals surface area contributed by atoms with Gasteiger partial charge in [-0.05, 0) is 98.4 Å². The Bertz CT molecular complexity index is 2560. The molecule has 2 aliphatic carbocycles. The lowest BCUT2D eigenvalue weighted by Crippen LogP contribution is -2.30. The number of nitrogens with zero attached hydrogens (tertiary/aromatic N) is 1. The van der Waals surface area contributed by atoms with Crippen molar-refractivity contribution in [2.24, 2.45) is 0 Å². The van der Waals surface area contributed by atoms with Crippen LogP contribution in [0.5, 0.6) is 0 Å². The van der Waals surface area contributed by atoms with Gasteiger partial charge in [0.2, 0.25) is 0 Å². The van der Waals surface area contributed by atoms with Gasteiger partial charge in [0.15, 0.2) is 0 Å². The zero-order chi connectivity index (χ0) is 37.9. The molecule has 4 aromatic rings. The van der Waals surface area contributed by atoms with Crippen molar-refractivity contribution in [2.45, 2.75) is 64.2 Å². The molecule has 10 heteroatoms. The van der Waals surface area contributed by atoms with Crippen molar-refractivity contribution >= 4 is 64.6 Å². The average molecular weight is 770 g/mol. The fourth-order valence-corrected chi connectivity index (χ4v) is 9.91. The number of anilines is 1. The molecule has 1 aliphatic heterocycles. The fraction of sp³-hybridized carbons (Fsp3) is 0.302. The largest absolute Gasteiger partial charge is 0.343 e. The molecule has 0 amide bonds. The lowest BCUT2D eigenvalue weighted by molar-refractivity contribution is 0.480. The Hall–Kier alpha value is -3.99. The molecule has 0 radical (unpaired) electrons. The molecule has 7 rings (SSSR count). The van der Waals surface area contributed by atoms with Crippen LogP contribution in [0.4, 0.5) is 5.69 Å². The van der Waals surface area contributed by atoms with Crippen molar-refractivity contribution in [3.8, 4) is 0 Å². The highest BCUT2D eigenvalue weighted by Crippen LogP contribution is 2.52. The molecule has 2 N–H and O–H groups in total. The van der Waals surface area contributed by atoms with Crippen molar-refractivity contribution < 1.29 is 25.9 Å². The van der Waals surface area contributed by atoms with E-state index in [-0.39, 0.29) is 18.7 Å². The minimum absolute atomic E-state index is 0.0999. The Labute approximate surface area is 317 Å². The first kappa shape index (κ1) is 37.3. The summed E-state index contributed by atoms with van der Waals surface area (Å²) in [5, 5.41) is 5.08. The lowest BCUT2D eigenvalue weighted by atomic mass is 9.78. The van der Waals surface area contributed by atoms with Crippen LogP contribution in [0.3, 0.4) is 0 Å². The molecule has 4 aromatic carbocycles. The standard InChI is InChI=1S/C43H44ClNO6S2/c1-42(2)36(34(24-26-52(46,47)48)35-20-16-28-10-5-7-14-32(28)39(35)42)21-17-30-12-9-13-31(41(30)44)19-23-38-43(3,4)40-33-15-8-6-11-29(33)18-22-37(40)45(38)25-27-53(49,50)51/h5-8,10-11,14-23H,9,12-13,24-27H2,1-4H3,(H,46,47,48)(H,49,50,51)/b21-17+,31-19+,38-23+. The number of allylic oxidation sites excluding steroid dienone is 10. The molecule has 0 aromatic heterocycles. The SMILES string of the molecule is CC1(C)C(/C=C/C2=C(Cl)C(=C/C=C3/N(CCS(=O)(=O)O)c4ccc5ccccc5c4C3(C)C)/CCC2)=C(CCS(=O)(=O)O)c2ccc3ccccc3c21. The Balaban J connectivity index is 1.28. The summed E-state index contributed by atoms with van der Waals surface area (Å²) in [6.45, 7) is 8.69. The van der Waals surface area contributed by atoms with E-state index in [4.69, 9.17) is 11.6 Å². The summed E-state index contributed by atoms with van der Waals surface area (Å²) in [5.41, 5.74) is 8.01. The van der Waals surface area contributed by atoms with E-state index < -0.39 is 36.8 Å². The number of hydrogen-bond donors (Lipinski definition) is 2. The molecule has 53 heavy (non-hydrogen) atoms. The first-order valence-electron chi connectivity index (χ1n) is 17.9. The van der Waals surface area contributed by atoms with Gasteiger partial charge in [0.25, 0.3) is 20.2 Å². The summed E-state index contributed by atoms with van der Waals surface area (Å²) in [4.78, 5) is 2.00. The van der Waals surface area contributed by atoms with E-state index in [2.05, 4.69) is 76.2 Å². The summed E-state index contributed by atoms with van der Waals surface area (Å²) < 4.78 is 67.1. The monoisotopic (exact) mass is 769 g/mol. The summed E-state index contributed by atoms with van der Waals surface area (Å²) in [6, 6.07) is 24.6. The number of hydrogen-bond acceptors (Lipinski definition) is 5. The van der Waals surface area contributed by atoms with Crippen molar-refractivity contribution in [2.75, 3.05) is 23.0 Å². The Morgan fingerprint density at radius 3 is 2.02 bits per heavy atom. The molecule has 0 unspecified atom stereocenters. The molecular weight excluding hydrogens is 726 g/mol.